The van der Waals surface area contributed by atoms with Crippen LogP contribution < -0.4 is 5.32 Å². The van der Waals surface area contributed by atoms with Crippen LogP contribution in [0.5, 0.6) is 0 Å². The number of fused-ring (bicyclic) bond motifs is 5. The Balaban J connectivity index is 1.33. The van der Waals surface area contributed by atoms with Gasteiger partial charge in [-0.05, 0) is 97.7 Å². The predicted molar refractivity (Wildman–Crippen MR) is 153 cm³/mol. The number of hydrogen-bond acceptors (Lipinski definition) is 4. The Kier molecular flexibility index (Phi) is 9.56. The van der Waals surface area contributed by atoms with E-state index in [2.05, 4.69) is 50.7 Å². The van der Waals surface area contributed by atoms with Gasteiger partial charge in [-0.3, -0.25) is 4.79 Å². The molecule has 0 saturated heterocycles. The summed E-state index contributed by atoms with van der Waals surface area (Å²) in [4.78, 5) is 23.6. The number of methoxy groups -OCH3 is 1. The number of amides is 1. The quantitative estimate of drug-likeness (QED) is 0.176. The van der Waals surface area contributed by atoms with Crippen molar-refractivity contribution >= 4 is 12.1 Å². The van der Waals surface area contributed by atoms with Crippen molar-refractivity contribution in [1.82, 2.24) is 5.32 Å². The molecule has 216 valence electrons. The minimum Gasteiger partial charge on any atom is -0.469 e. The zero-order chi connectivity index (χ0) is 27.5. The van der Waals surface area contributed by atoms with Crippen LogP contribution in [0.3, 0.4) is 0 Å². The largest absolute Gasteiger partial charge is 0.469 e. The monoisotopic (exact) mass is 529 g/mol. The van der Waals surface area contributed by atoms with E-state index in [0.29, 0.717) is 24.8 Å². The Bertz CT molecular complexity index is 867. The number of esters is 1. The molecule has 0 aliphatic heterocycles. The highest BCUT2D eigenvalue weighted by Gasteiger charge is 2.59. The number of carbonyl (C=O) groups is 2. The van der Waals surface area contributed by atoms with Gasteiger partial charge >= 0.3 is 12.1 Å². The molecular weight excluding hydrogens is 474 g/mol. The van der Waals surface area contributed by atoms with Gasteiger partial charge < -0.3 is 14.8 Å². The Morgan fingerprint density at radius 2 is 1.82 bits per heavy atom. The number of ether oxygens (including phenoxy) is 2. The zero-order valence-corrected chi connectivity index (χ0v) is 25.2. The number of allylic oxidation sites excluding steroid dienone is 1. The molecule has 4 rings (SSSR count). The summed E-state index contributed by atoms with van der Waals surface area (Å²) in [5.41, 5.74) is 2.34. The first-order valence-corrected chi connectivity index (χ1v) is 15.8. The summed E-state index contributed by atoms with van der Waals surface area (Å²) < 4.78 is 10.5. The van der Waals surface area contributed by atoms with E-state index in [9.17, 15) is 9.59 Å². The van der Waals surface area contributed by atoms with Crippen LogP contribution in [-0.2, 0) is 14.3 Å². The fourth-order valence-electron chi connectivity index (χ4n) is 9.47. The molecule has 38 heavy (non-hydrogen) atoms. The number of rotatable bonds is 10. The highest BCUT2D eigenvalue weighted by atomic mass is 16.6. The number of carbonyl (C=O) groups excluding carboxylic acids is 2. The van der Waals surface area contributed by atoms with Crippen molar-refractivity contribution in [2.24, 2.45) is 46.3 Å². The lowest BCUT2D eigenvalue weighted by Crippen LogP contribution is -2.51. The normalized spacial score (nSPS) is 36.9. The van der Waals surface area contributed by atoms with E-state index in [1.54, 1.807) is 5.57 Å². The SMILES string of the molecule is COC(=O)CCCNC(=O)O[C@H]1CC[C@@]2(C)C(=CC[C@H]3[C@@H]4CC[C@H]([C@H](C)CCCC(C)C)[C@@]4(C)CC[C@@H]32)C1. The minimum absolute atomic E-state index is 0.0390. The fourth-order valence-corrected chi connectivity index (χ4v) is 9.47. The Hall–Kier alpha value is -1.52. The van der Waals surface area contributed by atoms with Gasteiger partial charge in [0.15, 0.2) is 0 Å². The molecule has 0 radical (unpaired) electrons. The lowest BCUT2D eigenvalue weighted by Gasteiger charge is -2.58. The van der Waals surface area contributed by atoms with Gasteiger partial charge in [0.1, 0.15) is 6.10 Å². The van der Waals surface area contributed by atoms with E-state index in [-0.39, 0.29) is 23.6 Å². The van der Waals surface area contributed by atoms with Gasteiger partial charge in [-0.1, -0.05) is 65.5 Å². The Morgan fingerprint density at radius 3 is 2.55 bits per heavy atom. The van der Waals surface area contributed by atoms with Crippen molar-refractivity contribution in [2.75, 3.05) is 13.7 Å². The van der Waals surface area contributed by atoms with Gasteiger partial charge in [0, 0.05) is 19.4 Å². The average molecular weight is 530 g/mol. The lowest BCUT2D eigenvalue weighted by atomic mass is 9.47. The van der Waals surface area contributed by atoms with Gasteiger partial charge in [0.05, 0.1) is 7.11 Å². The fraction of sp³-hybridized carbons (Fsp3) is 0.879. The Morgan fingerprint density at radius 1 is 1.03 bits per heavy atom. The van der Waals surface area contributed by atoms with Crippen LogP contribution in [0.1, 0.15) is 118 Å². The van der Waals surface area contributed by atoms with Gasteiger partial charge in [0.2, 0.25) is 0 Å². The molecule has 5 heteroatoms. The van der Waals surface area contributed by atoms with E-state index in [1.807, 2.05) is 0 Å². The van der Waals surface area contributed by atoms with E-state index in [0.717, 1.165) is 54.8 Å². The Labute approximate surface area is 232 Å². The molecule has 0 aromatic heterocycles. The molecule has 3 saturated carbocycles. The first-order valence-electron chi connectivity index (χ1n) is 15.8. The van der Waals surface area contributed by atoms with Crippen LogP contribution in [0.15, 0.2) is 11.6 Å². The first-order chi connectivity index (χ1) is 18.1. The summed E-state index contributed by atoms with van der Waals surface area (Å²) in [6.45, 7) is 12.9. The molecular formula is C33H55NO4. The first kappa shape index (κ1) is 29.5. The maximum Gasteiger partial charge on any atom is 0.407 e. The van der Waals surface area contributed by atoms with Crippen molar-refractivity contribution in [3.05, 3.63) is 11.6 Å². The molecule has 1 amide bonds. The highest BCUT2D eigenvalue weighted by molar-refractivity contribution is 5.69. The third kappa shape index (κ3) is 6.12. The molecule has 4 aliphatic rings. The summed E-state index contributed by atoms with van der Waals surface area (Å²) in [5.74, 6) is 4.80. The van der Waals surface area contributed by atoms with Crippen LogP contribution in [0, 0.1) is 46.3 Å². The van der Waals surface area contributed by atoms with E-state index < -0.39 is 0 Å². The number of alkyl carbamates (subject to hydrolysis) is 1. The summed E-state index contributed by atoms with van der Waals surface area (Å²) in [6.07, 6.45) is 17.0. The van der Waals surface area contributed by atoms with Gasteiger partial charge in [-0.25, -0.2) is 4.79 Å². The molecule has 5 nitrogen and oxygen atoms in total. The van der Waals surface area contributed by atoms with Crippen molar-refractivity contribution in [3.8, 4) is 0 Å². The summed E-state index contributed by atoms with van der Waals surface area (Å²) in [5, 5.41) is 2.81. The summed E-state index contributed by atoms with van der Waals surface area (Å²) in [7, 11) is 1.38. The van der Waals surface area contributed by atoms with Gasteiger partial charge in [-0.2, -0.15) is 0 Å². The van der Waals surface area contributed by atoms with Gasteiger partial charge in [0.25, 0.3) is 0 Å². The maximum absolute atomic E-state index is 12.4. The standard InChI is InChI=1S/C33H55NO4/c1-22(2)9-7-10-23(3)27-14-15-28-26-13-12-24-21-25(38-31(36)34-20-8-11-30(35)37-6)16-18-32(24,4)29(26)17-19-33(27,28)5/h12,22-23,25-29H,7-11,13-21H2,1-6H3,(H,34,36)/t23-,25+,26+,27-,28+,29+,32+,33-/m1/s1. The molecule has 3 fully saturated rings. The van der Waals surface area contributed by atoms with Crippen LogP contribution in [-0.4, -0.2) is 31.8 Å². The third-order valence-corrected chi connectivity index (χ3v) is 11.6. The second kappa shape index (κ2) is 12.3. The van der Waals surface area contributed by atoms with E-state index >= 15 is 0 Å². The molecule has 0 unspecified atom stereocenters. The van der Waals surface area contributed by atoms with Crippen molar-refractivity contribution in [3.63, 3.8) is 0 Å². The molecule has 4 aliphatic carbocycles. The number of hydrogen-bond donors (Lipinski definition) is 1. The molecule has 0 aromatic carbocycles. The lowest BCUT2D eigenvalue weighted by molar-refractivity contribution is -0.140. The number of nitrogens with one attached hydrogen (secondary N) is 1. The third-order valence-electron chi connectivity index (χ3n) is 11.6. The second-order valence-corrected chi connectivity index (χ2v) is 14.2. The van der Waals surface area contributed by atoms with Crippen molar-refractivity contribution in [2.45, 2.75) is 124 Å². The minimum atomic E-state index is -0.356. The molecule has 0 bridgehead atoms. The molecule has 0 spiro atoms. The van der Waals surface area contributed by atoms with Crippen molar-refractivity contribution in [1.29, 1.82) is 0 Å². The van der Waals surface area contributed by atoms with Crippen LogP contribution >= 0.6 is 0 Å². The van der Waals surface area contributed by atoms with Crippen LogP contribution in [0.4, 0.5) is 4.79 Å². The predicted octanol–water partition coefficient (Wildman–Crippen LogP) is 8.08. The highest BCUT2D eigenvalue weighted by Crippen LogP contribution is 2.67. The molecule has 1 N–H and O–H groups in total. The molecule has 0 aromatic rings. The topological polar surface area (TPSA) is 64.6 Å². The summed E-state index contributed by atoms with van der Waals surface area (Å²) >= 11 is 0. The van der Waals surface area contributed by atoms with Crippen molar-refractivity contribution < 1.29 is 19.1 Å². The molecule has 8 atom stereocenters. The van der Waals surface area contributed by atoms with E-state index in [4.69, 9.17) is 4.74 Å². The second-order valence-electron chi connectivity index (χ2n) is 14.2. The zero-order valence-electron chi connectivity index (χ0n) is 25.2. The van der Waals surface area contributed by atoms with E-state index in [1.165, 1.54) is 58.5 Å². The smallest absolute Gasteiger partial charge is 0.407 e. The van der Waals surface area contributed by atoms with Crippen LogP contribution in [0.2, 0.25) is 0 Å². The van der Waals surface area contributed by atoms with Gasteiger partial charge in [-0.15, -0.1) is 0 Å². The average Bonchev–Trinajstić information content (AvgIpc) is 3.23. The summed E-state index contributed by atoms with van der Waals surface area (Å²) in [6, 6.07) is 0. The maximum atomic E-state index is 12.4. The van der Waals surface area contributed by atoms with Crippen LogP contribution in [0.25, 0.3) is 0 Å². The molecule has 0 heterocycles.